The van der Waals surface area contributed by atoms with Gasteiger partial charge in [-0.2, -0.15) is 0 Å². The molecule has 4 aliphatic heterocycles. The molecule has 0 aliphatic carbocycles. The molecule has 4 aromatic rings. The molecule has 4 aliphatic rings. The van der Waals surface area contributed by atoms with E-state index in [1.807, 2.05) is 0 Å². The van der Waals surface area contributed by atoms with Gasteiger partial charge in [0.25, 0.3) is 0 Å². The highest BCUT2D eigenvalue weighted by molar-refractivity contribution is 6.09. The lowest BCUT2D eigenvalue weighted by Crippen LogP contribution is -2.30. The van der Waals surface area contributed by atoms with E-state index in [0.717, 1.165) is 22.5 Å². The van der Waals surface area contributed by atoms with E-state index in [2.05, 4.69) is 30.6 Å². The molecule has 30 nitrogen and oxygen atoms in total. The molecule has 8 rings (SSSR count). The number of hydrogen-bond acceptors (Lipinski definition) is 24. The number of aromatic amines is 4. The number of fused-ring (bicyclic) bond motifs is 2. The highest BCUT2D eigenvalue weighted by Crippen LogP contribution is 2.42. The van der Waals surface area contributed by atoms with Crippen molar-refractivity contribution in [2.75, 3.05) is 71.1 Å². The number of methoxy groups -OCH3 is 10. The summed E-state index contributed by atoms with van der Waals surface area (Å²) in [6.07, 6.45) is 1.92. The van der Waals surface area contributed by atoms with Gasteiger partial charge in [0, 0.05) is 127 Å². The van der Waals surface area contributed by atoms with Crippen LogP contribution in [-0.2, 0) is 189 Å². The first-order valence-electron chi connectivity index (χ1n) is 32.9. The van der Waals surface area contributed by atoms with Crippen LogP contribution in [0.4, 0.5) is 0 Å². The van der Waals surface area contributed by atoms with Crippen molar-refractivity contribution in [1.29, 1.82) is 0 Å². The largest absolute Gasteiger partial charge is 0.469 e. The van der Waals surface area contributed by atoms with Crippen LogP contribution in [0.1, 0.15) is 154 Å². The molecule has 0 fully saturated rings. The Bertz CT molecular complexity index is 4070. The summed E-state index contributed by atoms with van der Waals surface area (Å²) < 4.78 is 51.5. The Balaban J connectivity index is 1.36. The smallest absolute Gasteiger partial charge is 0.310 e. The molecule has 0 radical (unpaired) electrons. The molecule has 0 saturated carbocycles. The Morgan fingerprint density at radius 3 is 1.26 bits per heavy atom. The first-order valence-corrected chi connectivity index (χ1v) is 32.9. The average Bonchev–Trinajstić information content (AvgIpc) is 1.63. The third kappa shape index (κ3) is 19.0. The minimum atomic E-state index is -0.714. The van der Waals surface area contributed by atoms with Crippen LogP contribution in [0.25, 0.3) is 12.2 Å². The number of amides is 2. The van der Waals surface area contributed by atoms with Crippen molar-refractivity contribution < 1.29 is 105 Å². The van der Waals surface area contributed by atoms with Crippen molar-refractivity contribution in [3.05, 3.63) is 113 Å². The quantitative estimate of drug-likeness (QED) is 0.0278. The number of rotatable bonds is 34. The summed E-state index contributed by atoms with van der Waals surface area (Å²) in [6.45, 7) is 0.380. The van der Waals surface area contributed by atoms with Gasteiger partial charge < -0.3 is 77.9 Å². The predicted molar refractivity (Wildman–Crippen MR) is 358 cm³/mol. The monoisotopic (exact) mass is 1400 g/mol. The number of nitrogens with zero attached hydrogens (tertiary/aromatic N) is 2. The molecule has 2 atom stereocenters. The Hall–Kier alpha value is -10.7. The zero-order valence-corrected chi connectivity index (χ0v) is 58.4. The van der Waals surface area contributed by atoms with Gasteiger partial charge >= 0.3 is 59.7 Å². The Labute approximate surface area is 581 Å². The number of allylic oxidation sites excluding steroid dienone is 2. The average molecular weight is 1400 g/mol. The second-order valence-corrected chi connectivity index (χ2v) is 24.4. The molecule has 6 N–H and O–H groups in total. The van der Waals surface area contributed by atoms with E-state index < -0.39 is 77.9 Å². The van der Waals surface area contributed by atoms with Gasteiger partial charge in [0.05, 0.1) is 134 Å². The fraction of sp³-hybridized carbons (Fsp3) is 0.493. The molecule has 0 aromatic carbocycles. The summed E-state index contributed by atoms with van der Waals surface area (Å²) in [6, 6.07) is 0. The summed E-state index contributed by atoms with van der Waals surface area (Å²) in [4.78, 5) is 183. The lowest BCUT2D eigenvalue weighted by Gasteiger charge is -2.21. The van der Waals surface area contributed by atoms with Crippen LogP contribution in [0.5, 0.6) is 0 Å². The number of hydrogen-bond donors (Lipinski definition) is 6. The number of aromatic nitrogens is 4. The van der Waals surface area contributed by atoms with Gasteiger partial charge in [-0.15, -0.1) is 0 Å². The maximum absolute atomic E-state index is 13.8. The zero-order valence-electron chi connectivity index (χ0n) is 58.4. The molecule has 2 unspecified atom stereocenters. The van der Waals surface area contributed by atoms with E-state index in [4.69, 9.17) is 57.4 Å². The SMILES string of the molecule is COC(=O)CCC1=C(CC(=O)OC)C(Cc2[nH]c(/C=C3/N=C(Cc4[nH]c5c(c4CCC(=O)OC)CC(=O)NC5)C(CC(=O)OC)C3CCC(=O)OC)c(CCC(=O)OC)c2CC(=O)OC)=N/C1=C\c1[nH]c(Cc2[nH]c3c(c2CCC(=O)OC)CC(=O)NC3)c(CC(=O)OC)c1CCC(=O)OC. The standard InChI is InChI=1S/C71H86N8O22/c1-92-62(82)17-11-36-42-23-60(80)72-34-58(42)78-52(36)31-54-44(25-68(88)98-7)38(13-19-64(84)94-3)48(74-54)29-50-40(15-21-66(86)96-5)46(27-70(90)100-9)56(76-50)33-57-47(28-71(91)101-10)41(16-22-67(87)97-6)51(77-57)30-49-39(14-20-65(85)95-4)45(26-69(89)99-8)55(75-49)32-53-37(12-18-63(83)93-2)43-24-61(81)73-35-59(43)79-53/h29-30,38,44,75-76,78-79H,11-28,31-35H2,1-10H3,(H,72,80)(H,73,81)/b48-29+,51-30-. The van der Waals surface area contributed by atoms with Crippen molar-refractivity contribution >= 4 is 95.1 Å². The van der Waals surface area contributed by atoms with Crippen molar-refractivity contribution in [2.45, 2.75) is 148 Å². The van der Waals surface area contributed by atoms with Crippen molar-refractivity contribution in [3.63, 3.8) is 0 Å². The second kappa shape index (κ2) is 35.4. The Morgan fingerprint density at radius 1 is 0.396 bits per heavy atom. The molecule has 0 bridgehead atoms. The molecule has 542 valence electrons. The molecule has 30 heteroatoms. The number of esters is 10. The van der Waals surface area contributed by atoms with Crippen LogP contribution in [0.15, 0.2) is 32.5 Å². The van der Waals surface area contributed by atoms with E-state index in [-0.39, 0.29) is 165 Å². The van der Waals surface area contributed by atoms with E-state index in [9.17, 15) is 57.5 Å². The maximum atomic E-state index is 13.8. The number of nitrogens with one attached hydrogen (secondary N) is 6. The minimum Gasteiger partial charge on any atom is -0.469 e. The third-order valence-corrected chi connectivity index (χ3v) is 18.7. The summed E-state index contributed by atoms with van der Waals surface area (Å²) in [5, 5.41) is 5.70. The van der Waals surface area contributed by atoms with E-state index >= 15 is 0 Å². The lowest BCUT2D eigenvalue weighted by molar-refractivity contribution is -0.142. The van der Waals surface area contributed by atoms with Crippen molar-refractivity contribution in [1.82, 2.24) is 30.6 Å². The number of ether oxygens (including phenoxy) is 10. The van der Waals surface area contributed by atoms with Gasteiger partial charge in [-0.3, -0.25) is 67.5 Å². The minimum absolute atomic E-state index is 0.00651. The van der Waals surface area contributed by atoms with Gasteiger partial charge in [-0.05, 0) is 106 Å². The number of carbonyl (C=O) groups excluding carboxylic acids is 12. The maximum Gasteiger partial charge on any atom is 0.310 e. The van der Waals surface area contributed by atoms with Crippen molar-refractivity contribution in [3.8, 4) is 0 Å². The molecule has 2 amide bonds. The molecule has 0 saturated heterocycles. The number of H-pyrrole nitrogens is 4. The fourth-order valence-electron chi connectivity index (χ4n) is 13.5. The fourth-order valence-corrected chi connectivity index (χ4v) is 13.5. The molecule has 8 heterocycles. The van der Waals surface area contributed by atoms with Crippen LogP contribution < -0.4 is 10.6 Å². The van der Waals surface area contributed by atoms with Crippen LogP contribution in [-0.4, -0.2) is 174 Å². The Kier molecular flexibility index (Phi) is 26.7. The topological polar surface area (TPSA) is 409 Å². The van der Waals surface area contributed by atoms with Gasteiger partial charge in [0.15, 0.2) is 0 Å². The highest BCUT2D eigenvalue weighted by atomic mass is 16.6. The van der Waals surface area contributed by atoms with Gasteiger partial charge in [0.1, 0.15) is 0 Å². The first-order chi connectivity index (χ1) is 48.5. The van der Waals surface area contributed by atoms with Crippen LogP contribution >= 0.6 is 0 Å². The molecule has 4 aromatic heterocycles. The summed E-state index contributed by atoms with van der Waals surface area (Å²) in [5.74, 6) is -7.69. The zero-order chi connectivity index (χ0) is 73.2. The van der Waals surface area contributed by atoms with Crippen LogP contribution in [0, 0.1) is 11.8 Å². The summed E-state index contributed by atoms with van der Waals surface area (Å²) >= 11 is 0. The second-order valence-electron chi connectivity index (χ2n) is 24.4. The molecule has 101 heavy (non-hydrogen) atoms. The van der Waals surface area contributed by atoms with Crippen LogP contribution in [0.3, 0.4) is 0 Å². The van der Waals surface area contributed by atoms with Gasteiger partial charge in [-0.1, -0.05) is 0 Å². The van der Waals surface area contributed by atoms with Gasteiger partial charge in [0.2, 0.25) is 11.8 Å². The van der Waals surface area contributed by atoms with E-state index in [1.54, 1.807) is 12.2 Å². The lowest BCUT2D eigenvalue weighted by atomic mass is 9.81. The normalized spacial score (nSPS) is 16.1. The molecular weight excluding hydrogens is 1320 g/mol. The molecule has 0 spiro atoms. The summed E-state index contributed by atoms with van der Waals surface area (Å²) in [5.41, 5.74) is 10.9. The predicted octanol–water partition coefficient (Wildman–Crippen LogP) is 4.43. The Morgan fingerprint density at radius 2 is 0.792 bits per heavy atom. The van der Waals surface area contributed by atoms with E-state index in [1.165, 1.54) is 71.1 Å². The van der Waals surface area contributed by atoms with Gasteiger partial charge in [-0.25, -0.2) is 0 Å². The molecular formula is C71H86N8O22. The van der Waals surface area contributed by atoms with Crippen LogP contribution in [0.2, 0.25) is 0 Å². The third-order valence-electron chi connectivity index (χ3n) is 18.7. The highest BCUT2D eigenvalue weighted by Gasteiger charge is 2.40. The number of carbonyl (C=O) groups is 12. The van der Waals surface area contributed by atoms with E-state index in [0.29, 0.717) is 90.1 Å². The summed E-state index contributed by atoms with van der Waals surface area (Å²) in [7, 11) is 12.4. The first kappa shape index (κ1) is 76.1. The number of aliphatic imine (C=N–C) groups is 2. The van der Waals surface area contributed by atoms with Crippen molar-refractivity contribution in [2.24, 2.45) is 21.8 Å².